The number of H-pyrrole nitrogens is 1. The molecule has 0 unspecified atom stereocenters. The summed E-state index contributed by atoms with van der Waals surface area (Å²) in [5.41, 5.74) is 2.64. The van der Waals surface area contributed by atoms with Crippen LogP contribution < -0.4 is 5.32 Å². The number of nitrogens with one attached hydrogen (secondary N) is 2. The van der Waals surface area contributed by atoms with Crippen LogP contribution in [0.2, 0.25) is 5.02 Å². The van der Waals surface area contributed by atoms with Gasteiger partial charge in [-0.2, -0.15) is 0 Å². The third-order valence-corrected chi connectivity index (χ3v) is 4.89. The molecule has 5 heteroatoms. The first-order valence-corrected chi connectivity index (χ1v) is 8.98. The molecule has 1 heterocycles. The summed E-state index contributed by atoms with van der Waals surface area (Å²) in [6.07, 6.45) is 0. The normalized spacial score (nSPS) is 11.7. The van der Waals surface area contributed by atoms with E-state index in [0.29, 0.717) is 17.1 Å². The molecular weight excluding hydrogens is 346 g/mol. The number of fused-ring (bicyclic) bond motifs is 5. The van der Waals surface area contributed by atoms with Crippen molar-refractivity contribution in [3.8, 4) is 0 Å². The molecule has 0 fully saturated rings. The maximum absolute atomic E-state index is 12.8. The predicted octanol–water partition coefficient (Wildman–Crippen LogP) is 4.42. The fourth-order valence-electron chi connectivity index (χ4n) is 3.42. The van der Waals surface area contributed by atoms with E-state index in [4.69, 9.17) is 11.6 Å². The average Bonchev–Trinajstić information content (AvgIpc) is 2.98. The van der Waals surface area contributed by atoms with Gasteiger partial charge in [-0.15, -0.1) is 0 Å². The fourth-order valence-corrected chi connectivity index (χ4v) is 3.59. The Morgan fingerprint density at radius 3 is 2.58 bits per heavy atom. The van der Waals surface area contributed by atoms with Crippen molar-refractivity contribution in [1.82, 2.24) is 15.2 Å². The van der Waals surface area contributed by atoms with Crippen LogP contribution in [0, 0.1) is 0 Å². The summed E-state index contributed by atoms with van der Waals surface area (Å²) < 4.78 is 0. The van der Waals surface area contributed by atoms with Gasteiger partial charge >= 0.3 is 0 Å². The number of hydrogen-bond donors (Lipinski definition) is 2. The molecule has 0 radical (unpaired) electrons. The molecule has 4 rings (SSSR count). The first-order valence-electron chi connectivity index (χ1n) is 8.60. The Bertz CT molecular complexity index is 1130. The van der Waals surface area contributed by atoms with E-state index in [-0.39, 0.29) is 5.91 Å². The van der Waals surface area contributed by atoms with Gasteiger partial charge in [-0.3, -0.25) is 4.79 Å². The van der Waals surface area contributed by atoms with Gasteiger partial charge in [-0.05, 0) is 49.1 Å². The quantitative estimate of drug-likeness (QED) is 0.562. The molecule has 4 aromatic rings. The minimum atomic E-state index is -0.0540. The number of likely N-dealkylation sites (N-methyl/N-ethyl adjacent to an activating group) is 1. The second kappa shape index (κ2) is 6.63. The van der Waals surface area contributed by atoms with E-state index in [1.165, 1.54) is 0 Å². The maximum Gasteiger partial charge on any atom is 0.252 e. The Balaban J connectivity index is 1.91. The van der Waals surface area contributed by atoms with Gasteiger partial charge in [0, 0.05) is 45.5 Å². The number of carbonyl (C=O) groups is 1. The Kier molecular flexibility index (Phi) is 4.31. The minimum Gasteiger partial charge on any atom is -0.354 e. The van der Waals surface area contributed by atoms with Gasteiger partial charge in [0.1, 0.15) is 0 Å². The second-order valence-electron chi connectivity index (χ2n) is 6.77. The fraction of sp³-hybridized carbons (Fsp3) is 0.190. The van der Waals surface area contributed by atoms with Gasteiger partial charge < -0.3 is 15.2 Å². The number of carbonyl (C=O) groups excluding carboxylic acids is 1. The molecule has 0 saturated heterocycles. The molecule has 1 amide bonds. The van der Waals surface area contributed by atoms with E-state index in [0.717, 1.165) is 39.1 Å². The molecule has 0 aliphatic heterocycles. The molecule has 0 spiro atoms. The molecule has 0 aliphatic rings. The topological polar surface area (TPSA) is 48.1 Å². The van der Waals surface area contributed by atoms with E-state index in [1.54, 1.807) is 0 Å². The summed E-state index contributed by atoms with van der Waals surface area (Å²) in [7, 11) is 3.98. The zero-order chi connectivity index (χ0) is 18.3. The van der Waals surface area contributed by atoms with Crippen LogP contribution in [0.3, 0.4) is 0 Å². The van der Waals surface area contributed by atoms with Crippen LogP contribution in [0.4, 0.5) is 0 Å². The van der Waals surface area contributed by atoms with Gasteiger partial charge in [-0.1, -0.05) is 35.9 Å². The number of aromatic amines is 1. The summed E-state index contributed by atoms with van der Waals surface area (Å²) >= 11 is 6.21. The Hall–Kier alpha value is -2.56. The largest absolute Gasteiger partial charge is 0.354 e. The van der Waals surface area contributed by atoms with Gasteiger partial charge in [0.25, 0.3) is 5.91 Å². The molecule has 3 aromatic carbocycles. The summed E-state index contributed by atoms with van der Waals surface area (Å²) in [6.45, 7) is 1.41. The molecule has 26 heavy (non-hydrogen) atoms. The van der Waals surface area contributed by atoms with E-state index in [2.05, 4.69) is 16.4 Å². The first-order chi connectivity index (χ1) is 12.5. The minimum absolute atomic E-state index is 0.0540. The van der Waals surface area contributed by atoms with Gasteiger partial charge in [-0.25, -0.2) is 0 Å². The summed E-state index contributed by atoms with van der Waals surface area (Å²) in [4.78, 5) is 18.3. The number of rotatable bonds is 4. The number of amides is 1. The molecule has 132 valence electrons. The number of benzene rings is 3. The monoisotopic (exact) mass is 365 g/mol. The Labute approximate surface area is 156 Å². The first kappa shape index (κ1) is 16.9. The van der Waals surface area contributed by atoms with Crippen molar-refractivity contribution in [2.45, 2.75) is 0 Å². The van der Waals surface area contributed by atoms with Crippen LogP contribution in [-0.2, 0) is 0 Å². The van der Waals surface area contributed by atoms with Gasteiger partial charge in [0.2, 0.25) is 0 Å². The highest BCUT2D eigenvalue weighted by molar-refractivity contribution is 6.32. The zero-order valence-electron chi connectivity index (χ0n) is 14.8. The lowest BCUT2D eigenvalue weighted by Gasteiger charge is -2.12. The molecule has 0 atom stereocenters. The highest BCUT2D eigenvalue weighted by Crippen LogP contribution is 2.35. The van der Waals surface area contributed by atoms with Crippen LogP contribution in [0.5, 0.6) is 0 Å². The molecule has 1 aromatic heterocycles. The van der Waals surface area contributed by atoms with Crippen molar-refractivity contribution >= 4 is 50.1 Å². The van der Waals surface area contributed by atoms with Crippen LogP contribution in [0.15, 0.2) is 48.5 Å². The second-order valence-corrected chi connectivity index (χ2v) is 7.20. The summed E-state index contributed by atoms with van der Waals surface area (Å²) in [6, 6.07) is 15.8. The molecular formula is C21H20ClN3O. The number of halogens is 1. The smallest absolute Gasteiger partial charge is 0.252 e. The van der Waals surface area contributed by atoms with Gasteiger partial charge in [0.15, 0.2) is 0 Å². The summed E-state index contributed by atoms with van der Waals surface area (Å²) in [5, 5.41) is 7.89. The van der Waals surface area contributed by atoms with E-state index in [9.17, 15) is 4.79 Å². The third kappa shape index (κ3) is 2.91. The highest BCUT2D eigenvalue weighted by Gasteiger charge is 2.16. The van der Waals surface area contributed by atoms with E-state index >= 15 is 0 Å². The van der Waals surface area contributed by atoms with Gasteiger partial charge in [0.05, 0.1) is 0 Å². The van der Waals surface area contributed by atoms with Crippen molar-refractivity contribution in [3.05, 3.63) is 59.1 Å². The Morgan fingerprint density at radius 2 is 1.81 bits per heavy atom. The van der Waals surface area contributed by atoms with Crippen molar-refractivity contribution in [1.29, 1.82) is 0 Å². The predicted molar refractivity (Wildman–Crippen MR) is 109 cm³/mol. The standard InChI is InChI=1S/C21H20ClN3O/c1-25(2)10-9-23-21(26)16-12-19-20(15-6-4-3-5-14(15)16)17-11-13(22)7-8-18(17)24-19/h3-8,11-12,24H,9-10H2,1-2H3,(H,23,26). The molecule has 0 saturated carbocycles. The molecule has 4 nitrogen and oxygen atoms in total. The van der Waals surface area contributed by atoms with Crippen LogP contribution in [-0.4, -0.2) is 43.0 Å². The number of aromatic nitrogens is 1. The van der Waals surface area contributed by atoms with Crippen molar-refractivity contribution in [3.63, 3.8) is 0 Å². The van der Waals surface area contributed by atoms with Crippen molar-refractivity contribution in [2.75, 3.05) is 27.2 Å². The maximum atomic E-state index is 12.8. The van der Waals surface area contributed by atoms with Crippen molar-refractivity contribution < 1.29 is 4.79 Å². The molecule has 0 aliphatic carbocycles. The average molecular weight is 366 g/mol. The zero-order valence-corrected chi connectivity index (χ0v) is 15.5. The Morgan fingerprint density at radius 1 is 1.04 bits per heavy atom. The van der Waals surface area contributed by atoms with Crippen LogP contribution in [0.1, 0.15) is 10.4 Å². The third-order valence-electron chi connectivity index (χ3n) is 4.65. The molecule has 2 N–H and O–H groups in total. The van der Waals surface area contributed by atoms with Crippen LogP contribution in [0.25, 0.3) is 32.6 Å². The lowest BCUT2D eigenvalue weighted by molar-refractivity contribution is 0.0953. The van der Waals surface area contributed by atoms with Crippen molar-refractivity contribution in [2.24, 2.45) is 0 Å². The van der Waals surface area contributed by atoms with E-state index in [1.807, 2.05) is 61.5 Å². The lowest BCUT2D eigenvalue weighted by atomic mass is 9.98. The van der Waals surface area contributed by atoms with Crippen LogP contribution >= 0.6 is 11.6 Å². The lowest BCUT2D eigenvalue weighted by Crippen LogP contribution is -2.31. The number of hydrogen-bond acceptors (Lipinski definition) is 2. The number of nitrogens with zero attached hydrogens (tertiary/aromatic N) is 1. The SMILES string of the molecule is CN(C)CCNC(=O)c1cc2[nH]c3ccc(Cl)cc3c2c2ccccc12. The highest BCUT2D eigenvalue weighted by atomic mass is 35.5. The van der Waals surface area contributed by atoms with E-state index < -0.39 is 0 Å². The molecule has 0 bridgehead atoms. The summed E-state index contributed by atoms with van der Waals surface area (Å²) in [5.74, 6) is -0.0540.